The Hall–Kier alpha value is -1.16. The molecule has 0 bridgehead atoms. The van der Waals surface area contributed by atoms with E-state index in [9.17, 15) is 4.79 Å². The van der Waals surface area contributed by atoms with Crippen molar-refractivity contribution in [3.63, 3.8) is 0 Å². The third-order valence-electron chi connectivity index (χ3n) is 3.34. The lowest BCUT2D eigenvalue weighted by atomic mass is 10.1. The molecule has 4 nitrogen and oxygen atoms in total. The number of rotatable bonds is 4. The molecule has 0 aliphatic carbocycles. The summed E-state index contributed by atoms with van der Waals surface area (Å²) in [6.07, 6.45) is 5.66. The molecule has 1 saturated heterocycles. The number of nitrogens with zero attached hydrogens (tertiary/aromatic N) is 2. The fourth-order valence-electron chi connectivity index (χ4n) is 2.40. The van der Waals surface area contributed by atoms with Gasteiger partial charge in [0, 0.05) is 11.6 Å². The third kappa shape index (κ3) is 3.67. The molecule has 0 amide bonds. The Kier molecular flexibility index (Phi) is 4.53. The van der Waals surface area contributed by atoms with Crippen LogP contribution >= 0.6 is 0 Å². The first-order valence-corrected chi connectivity index (χ1v) is 6.92. The molecule has 18 heavy (non-hydrogen) atoms. The molecule has 0 radical (unpaired) electrons. The average molecular weight is 249 g/mol. The van der Waals surface area contributed by atoms with Gasteiger partial charge in [-0.3, -0.25) is 14.7 Å². The molecule has 0 atom stereocenters. The Morgan fingerprint density at radius 1 is 1.39 bits per heavy atom. The van der Waals surface area contributed by atoms with Crippen molar-refractivity contribution >= 4 is 11.6 Å². The number of piperidine rings is 1. The van der Waals surface area contributed by atoms with Crippen molar-refractivity contribution in [3.8, 4) is 0 Å². The van der Waals surface area contributed by atoms with Crippen LogP contribution in [0.25, 0.3) is 0 Å². The molecule has 2 aliphatic heterocycles. The van der Waals surface area contributed by atoms with E-state index >= 15 is 0 Å². The number of Topliss-reactive ketones (excluding diaryl/α,β-unsaturated/α-hetero) is 1. The van der Waals surface area contributed by atoms with E-state index in [1.165, 1.54) is 19.3 Å². The maximum Gasteiger partial charge on any atom is 0.174 e. The Labute approximate surface area is 109 Å². The molecule has 0 unspecified atom stereocenters. The van der Waals surface area contributed by atoms with Crippen LogP contribution in [0.15, 0.2) is 16.6 Å². The summed E-state index contributed by atoms with van der Waals surface area (Å²) in [7, 11) is 0. The topological polar surface area (TPSA) is 44.7 Å². The normalized spacial score (nSPS) is 20.8. The molecule has 2 aliphatic rings. The number of carbonyl (C=O) groups is 1. The number of likely N-dealkylation sites (tertiary alicyclic amines) is 1. The fraction of sp³-hybridized carbons (Fsp3) is 0.714. The van der Waals surface area contributed by atoms with Crippen molar-refractivity contribution < 1.29 is 4.79 Å². The van der Waals surface area contributed by atoms with Gasteiger partial charge in [0.1, 0.15) is 5.84 Å². The Bertz CT molecular complexity index is 365. The number of aliphatic imine (C=N–C) groups is 1. The van der Waals surface area contributed by atoms with E-state index in [1.807, 2.05) is 6.08 Å². The van der Waals surface area contributed by atoms with Crippen LogP contribution in [0.5, 0.6) is 0 Å². The molecule has 0 aromatic carbocycles. The highest BCUT2D eigenvalue weighted by molar-refractivity contribution is 6.07. The highest BCUT2D eigenvalue weighted by Crippen LogP contribution is 2.11. The zero-order valence-corrected chi connectivity index (χ0v) is 11.4. The van der Waals surface area contributed by atoms with E-state index in [1.54, 1.807) is 0 Å². The molecule has 0 spiro atoms. The lowest BCUT2D eigenvalue weighted by Crippen LogP contribution is -2.35. The predicted molar refractivity (Wildman–Crippen MR) is 74.0 cm³/mol. The minimum absolute atomic E-state index is 0.237. The van der Waals surface area contributed by atoms with E-state index in [2.05, 4.69) is 29.1 Å². The zero-order valence-electron chi connectivity index (χ0n) is 11.4. The first kappa shape index (κ1) is 13.3. The molecule has 0 saturated carbocycles. The molecule has 0 aromatic heterocycles. The second kappa shape index (κ2) is 6.14. The third-order valence-corrected chi connectivity index (χ3v) is 3.34. The summed E-state index contributed by atoms with van der Waals surface area (Å²) in [5.41, 5.74) is 0.851. The van der Waals surface area contributed by atoms with Crippen LogP contribution in [0.2, 0.25) is 0 Å². The van der Waals surface area contributed by atoms with E-state index < -0.39 is 0 Å². The minimum atomic E-state index is 0.237. The van der Waals surface area contributed by atoms with Gasteiger partial charge in [-0.15, -0.1) is 0 Å². The molecule has 100 valence electrons. The SMILES string of the molecule is CC(C)NC1=NCC(C(=O)CN2CCCCC2)=C1. The van der Waals surface area contributed by atoms with E-state index in [0.29, 0.717) is 19.1 Å². The quantitative estimate of drug-likeness (QED) is 0.818. The standard InChI is InChI=1S/C14H23N3O/c1-11(2)16-14-8-12(9-15-14)13(18)10-17-6-4-3-5-7-17/h8,11H,3-7,9-10H2,1-2H3,(H,15,16). The number of hydrogen-bond donors (Lipinski definition) is 1. The first-order valence-electron chi connectivity index (χ1n) is 6.92. The van der Waals surface area contributed by atoms with Gasteiger partial charge < -0.3 is 5.32 Å². The molecule has 1 fully saturated rings. The van der Waals surface area contributed by atoms with Gasteiger partial charge in [-0.1, -0.05) is 6.42 Å². The monoisotopic (exact) mass is 249 g/mol. The number of nitrogens with one attached hydrogen (secondary N) is 1. The van der Waals surface area contributed by atoms with Gasteiger partial charge in [-0.25, -0.2) is 0 Å². The van der Waals surface area contributed by atoms with Gasteiger partial charge in [0.05, 0.1) is 13.1 Å². The number of hydrogen-bond acceptors (Lipinski definition) is 4. The molecule has 1 N–H and O–H groups in total. The summed E-state index contributed by atoms with van der Waals surface area (Å²) in [5, 5.41) is 3.24. The first-order chi connectivity index (χ1) is 8.65. The van der Waals surface area contributed by atoms with Crippen LogP contribution < -0.4 is 5.32 Å². The smallest absolute Gasteiger partial charge is 0.174 e. The Morgan fingerprint density at radius 2 is 2.11 bits per heavy atom. The van der Waals surface area contributed by atoms with Crippen LogP contribution in [-0.2, 0) is 4.79 Å². The largest absolute Gasteiger partial charge is 0.368 e. The molecular formula is C14H23N3O. The highest BCUT2D eigenvalue weighted by atomic mass is 16.1. The van der Waals surface area contributed by atoms with Crippen LogP contribution in [0, 0.1) is 0 Å². The lowest BCUT2D eigenvalue weighted by Gasteiger charge is -2.25. The lowest BCUT2D eigenvalue weighted by molar-refractivity contribution is -0.116. The molecular weight excluding hydrogens is 226 g/mol. The van der Waals surface area contributed by atoms with Crippen LogP contribution in [-0.4, -0.2) is 48.7 Å². The number of ketones is 1. The second-order valence-electron chi connectivity index (χ2n) is 5.43. The summed E-state index contributed by atoms with van der Waals surface area (Å²) in [4.78, 5) is 18.7. The van der Waals surface area contributed by atoms with Crippen molar-refractivity contribution in [2.75, 3.05) is 26.2 Å². The zero-order chi connectivity index (χ0) is 13.0. The molecule has 2 rings (SSSR count). The summed E-state index contributed by atoms with van der Waals surface area (Å²) in [6, 6.07) is 0.358. The van der Waals surface area contributed by atoms with Gasteiger partial charge in [0.15, 0.2) is 5.78 Å². The predicted octanol–water partition coefficient (Wildman–Crippen LogP) is 1.38. The average Bonchev–Trinajstić information content (AvgIpc) is 2.78. The summed E-state index contributed by atoms with van der Waals surface area (Å²) < 4.78 is 0. The fourth-order valence-corrected chi connectivity index (χ4v) is 2.40. The number of amidine groups is 1. The highest BCUT2D eigenvalue weighted by Gasteiger charge is 2.19. The van der Waals surface area contributed by atoms with Crippen molar-refractivity contribution in [3.05, 3.63) is 11.6 Å². The minimum Gasteiger partial charge on any atom is -0.368 e. The van der Waals surface area contributed by atoms with Gasteiger partial charge in [-0.05, 0) is 45.9 Å². The maximum absolute atomic E-state index is 12.1. The van der Waals surface area contributed by atoms with Gasteiger partial charge in [-0.2, -0.15) is 0 Å². The van der Waals surface area contributed by atoms with Crippen molar-refractivity contribution in [1.29, 1.82) is 0 Å². The summed E-state index contributed by atoms with van der Waals surface area (Å²) in [6.45, 7) is 7.39. The van der Waals surface area contributed by atoms with Gasteiger partial charge in [0.25, 0.3) is 0 Å². The van der Waals surface area contributed by atoms with Gasteiger partial charge in [0.2, 0.25) is 0 Å². The summed E-state index contributed by atoms with van der Waals surface area (Å²) >= 11 is 0. The van der Waals surface area contributed by atoms with Crippen LogP contribution in [0.1, 0.15) is 33.1 Å². The Morgan fingerprint density at radius 3 is 2.78 bits per heavy atom. The maximum atomic E-state index is 12.1. The number of carbonyl (C=O) groups excluding carboxylic acids is 1. The van der Waals surface area contributed by atoms with Gasteiger partial charge >= 0.3 is 0 Å². The molecule has 2 heterocycles. The van der Waals surface area contributed by atoms with Crippen molar-refractivity contribution in [1.82, 2.24) is 10.2 Å². The van der Waals surface area contributed by atoms with E-state index in [0.717, 1.165) is 24.5 Å². The van der Waals surface area contributed by atoms with E-state index in [-0.39, 0.29) is 5.78 Å². The second-order valence-corrected chi connectivity index (χ2v) is 5.43. The molecule has 0 aromatic rings. The Balaban J connectivity index is 1.83. The van der Waals surface area contributed by atoms with Crippen molar-refractivity contribution in [2.24, 2.45) is 4.99 Å². The van der Waals surface area contributed by atoms with E-state index in [4.69, 9.17) is 0 Å². The van der Waals surface area contributed by atoms with Crippen LogP contribution in [0.3, 0.4) is 0 Å². The molecule has 4 heteroatoms. The van der Waals surface area contributed by atoms with Crippen molar-refractivity contribution in [2.45, 2.75) is 39.2 Å². The van der Waals surface area contributed by atoms with Crippen LogP contribution in [0.4, 0.5) is 0 Å². The summed E-state index contributed by atoms with van der Waals surface area (Å²) in [5.74, 6) is 1.09.